The molecule has 0 aliphatic rings. The molecule has 0 saturated heterocycles. The normalized spacial score (nSPS) is 11.8. The fourth-order valence-electron chi connectivity index (χ4n) is 2.63. The van der Waals surface area contributed by atoms with Crippen molar-refractivity contribution < 1.29 is 14.3 Å². The van der Waals surface area contributed by atoms with Gasteiger partial charge in [0.05, 0.1) is 18.4 Å². The zero-order valence-corrected chi connectivity index (χ0v) is 15.5. The van der Waals surface area contributed by atoms with Crippen molar-refractivity contribution in [1.29, 1.82) is 0 Å². The van der Waals surface area contributed by atoms with E-state index in [2.05, 4.69) is 4.99 Å². The first-order valence-corrected chi connectivity index (χ1v) is 8.81. The van der Waals surface area contributed by atoms with Gasteiger partial charge in [-0.1, -0.05) is 17.4 Å². The van der Waals surface area contributed by atoms with Crippen LogP contribution in [0.3, 0.4) is 0 Å². The number of aromatic nitrogens is 1. The Kier molecular flexibility index (Phi) is 4.90. The predicted octanol–water partition coefficient (Wildman–Crippen LogP) is 3.70. The van der Waals surface area contributed by atoms with Gasteiger partial charge in [-0.2, -0.15) is 4.99 Å². The van der Waals surface area contributed by atoms with E-state index in [0.29, 0.717) is 17.0 Å². The molecule has 0 N–H and O–H groups in total. The average Bonchev–Trinajstić information content (AvgIpc) is 2.94. The Balaban J connectivity index is 2.05. The number of benzene rings is 2. The molecule has 0 aliphatic heterocycles. The number of nitrogens with zero attached hydrogens (tertiary/aromatic N) is 2. The van der Waals surface area contributed by atoms with E-state index in [1.54, 1.807) is 31.4 Å². The Bertz CT molecular complexity index is 984. The third kappa shape index (κ3) is 3.30. The van der Waals surface area contributed by atoms with Gasteiger partial charge in [0.25, 0.3) is 5.91 Å². The lowest BCUT2D eigenvalue weighted by Crippen LogP contribution is -2.13. The number of hydrogen-bond acceptors (Lipinski definition) is 4. The van der Waals surface area contributed by atoms with Crippen molar-refractivity contribution >= 4 is 27.5 Å². The van der Waals surface area contributed by atoms with Crippen molar-refractivity contribution in [2.75, 3.05) is 13.7 Å². The van der Waals surface area contributed by atoms with Crippen LogP contribution in [0, 0.1) is 6.92 Å². The molecule has 0 spiro atoms. The number of hydrogen-bond donors (Lipinski definition) is 0. The van der Waals surface area contributed by atoms with Crippen molar-refractivity contribution in [3.63, 3.8) is 0 Å². The molecule has 1 heterocycles. The van der Waals surface area contributed by atoms with Crippen molar-refractivity contribution in [3.8, 4) is 11.5 Å². The Labute approximate surface area is 150 Å². The molecule has 25 heavy (non-hydrogen) atoms. The summed E-state index contributed by atoms with van der Waals surface area (Å²) in [6.07, 6.45) is 0. The van der Waals surface area contributed by atoms with Crippen LogP contribution in [-0.2, 0) is 7.05 Å². The Morgan fingerprint density at radius 2 is 1.92 bits per heavy atom. The van der Waals surface area contributed by atoms with Gasteiger partial charge in [0.15, 0.2) is 4.80 Å². The van der Waals surface area contributed by atoms with Gasteiger partial charge >= 0.3 is 0 Å². The van der Waals surface area contributed by atoms with Gasteiger partial charge in [0.1, 0.15) is 17.0 Å². The van der Waals surface area contributed by atoms with E-state index in [9.17, 15) is 4.79 Å². The standard InChI is InChI=1S/C19H20N2O3S/c1-5-24-14-9-7-13(8-10-14)18(22)20-19-21(3)16-15(23-4)11-6-12(2)17(16)25-19/h6-11H,5H2,1-4H3. The molecule has 0 radical (unpaired) electrons. The summed E-state index contributed by atoms with van der Waals surface area (Å²) in [5.41, 5.74) is 2.61. The third-order valence-corrected chi connectivity index (χ3v) is 5.20. The van der Waals surface area contributed by atoms with E-state index in [-0.39, 0.29) is 5.91 Å². The molecule has 0 aliphatic carbocycles. The van der Waals surface area contributed by atoms with E-state index in [1.807, 2.05) is 37.6 Å². The molecule has 1 amide bonds. The molecule has 3 rings (SSSR count). The lowest BCUT2D eigenvalue weighted by molar-refractivity contribution is 0.0998. The summed E-state index contributed by atoms with van der Waals surface area (Å²) in [6, 6.07) is 11.0. The van der Waals surface area contributed by atoms with Crippen LogP contribution >= 0.6 is 11.3 Å². The summed E-state index contributed by atoms with van der Waals surface area (Å²) in [5.74, 6) is 1.24. The minimum Gasteiger partial charge on any atom is -0.495 e. The van der Waals surface area contributed by atoms with Crippen molar-refractivity contribution in [1.82, 2.24) is 4.57 Å². The SMILES string of the molecule is CCOc1ccc(C(=O)N=c2sc3c(C)ccc(OC)c3n2C)cc1. The molecule has 0 saturated carbocycles. The molecule has 0 fully saturated rings. The molecule has 3 aromatic rings. The zero-order valence-electron chi connectivity index (χ0n) is 14.7. The minimum atomic E-state index is -0.276. The number of ether oxygens (including phenoxy) is 2. The van der Waals surface area contributed by atoms with Crippen LogP contribution in [-0.4, -0.2) is 24.2 Å². The Morgan fingerprint density at radius 1 is 1.20 bits per heavy atom. The quantitative estimate of drug-likeness (QED) is 0.716. The molecular formula is C19H20N2O3S. The molecule has 130 valence electrons. The zero-order chi connectivity index (χ0) is 18.0. The summed E-state index contributed by atoms with van der Waals surface area (Å²) < 4.78 is 13.8. The Hall–Kier alpha value is -2.60. The number of aryl methyl sites for hydroxylation is 2. The third-order valence-electron chi connectivity index (χ3n) is 3.94. The van der Waals surface area contributed by atoms with Crippen LogP contribution in [0.25, 0.3) is 10.2 Å². The number of fused-ring (bicyclic) bond motifs is 1. The first kappa shape index (κ1) is 17.2. The number of methoxy groups -OCH3 is 1. The molecule has 5 nitrogen and oxygen atoms in total. The second kappa shape index (κ2) is 7.11. The largest absolute Gasteiger partial charge is 0.495 e. The average molecular weight is 356 g/mol. The van der Waals surface area contributed by atoms with Crippen LogP contribution in [0.4, 0.5) is 0 Å². The van der Waals surface area contributed by atoms with Crippen molar-refractivity contribution in [2.24, 2.45) is 12.0 Å². The van der Waals surface area contributed by atoms with Gasteiger partial charge in [0, 0.05) is 12.6 Å². The van der Waals surface area contributed by atoms with Crippen molar-refractivity contribution in [3.05, 3.63) is 52.3 Å². The van der Waals surface area contributed by atoms with Gasteiger partial charge < -0.3 is 14.0 Å². The van der Waals surface area contributed by atoms with Gasteiger partial charge in [-0.05, 0) is 49.7 Å². The summed E-state index contributed by atoms with van der Waals surface area (Å²) in [7, 11) is 3.54. The Morgan fingerprint density at radius 3 is 2.56 bits per heavy atom. The fraction of sp³-hybridized carbons (Fsp3) is 0.263. The van der Waals surface area contributed by atoms with E-state index in [0.717, 1.165) is 27.3 Å². The summed E-state index contributed by atoms with van der Waals surface area (Å²) in [4.78, 5) is 17.5. The van der Waals surface area contributed by atoms with Crippen LogP contribution in [0.15, 0.2) is 41.4 Å². The maximum Gasteiger partial charge on any atom is 0.279 e. The van der Waals surface area contributed by atoms with Gasteiger partial charge in [-0.3, -0.25) is 4.79 Å². The van der Waals surface area contributed by atoms with Gasteiger partial charge in [-0.15, -0.1) is 0 Å². The predicted molar refractivity (Wildman–Crippen MR) is 99.6 cm³/mol. The maximum atomic E-state index is 12.5. The lowest BCUT2D eigenvalue weighted by Gasteiger charge is -2.05. The first-order chi connectivity index (χ1) is 12.0. The highest BCUT2D eigenvalue weighted by atomic mass is 32.1. The van der Waals surface area contributed by atoms with Gasteiger partial charge in [0.2, 0.25) is 0 Å². The highest BCUT2D eigenvalue weighted by Crippen LogP contribution is 2.29. The van der Waals surface area contributed by atoms with E-state index in [4.69, 9.17) is 9.47 Å². The second-order valence-electron chi connectivity index (χ2n) is 5.58. The minimum absolute atomic E-state index is 0.276. The molecule has 2 aromatic carbocycles. The number of carbonyl (C=O) groups is 1. The molecular weight excluding hydrogens is 336 g/mol. The lowest BCUT2D eigenvalue weighted by atomic mass is 10.2. The molecule has 0 unspecified atom stereocenters. The fourth-order valence-corrected chi connectivity index (χ4v) is 3.73. The van der Waals surface area contributed by atoms with E-state index in [1.165, 1.54) is 11.3 Å². The van der Waals surface area contributed by atoms with Crippen LogP contribution in [0.2, 0.25) is 0 Å². The van der Waals surface area contributed by atoms with Gasteiger partial charge in [-0.25, -0.2) is 0 Å². The van der Waals surface area contributed by atoms with Crippen LogP contribution < -0.4 is 14.3 Å². The summed E-state index contributed by atoms with van der Waals surface area (Å²) in [5, 5.41) is 0. The molecule has 0 atom stereocenters. The van der Waals surface area contributed by atoms with Crippen LogP contribution in [0.5, 0.6) is 11.5 Å². The number of thiazole rings is 1. The van der Waals surface area contributed by atoms with Crippen molar-refractivity contribution in [2.45, 2.75) is 13.8 Å². The first-order valence-electron chi connectivity index (χ1n) is 8.00. The summed E-state index contributed by atoms with van der Waals surface area (Å²) in [6.45, 7) is 4.55. The maximum absolute atomic E-state index is 12.5. The molecule has 0 bridgehead atoms. The topological polar surface area (TPSA) is 52.8 Å². The number of amides is 1. The highest BCUT2D eigenvalue weighted by Gasteiger charge is 2.12. The number of rotatable bonds is 4. The highest BCUT2D eigenvalue weighted by molar-refractivity contribution is 7.16. The molecule has 6 heteroatoms. The smallest absolute Gasteiger partial charge is 0.279 e. The monoisotopic (exact) mass is 356 g/mol. The summed E-state index contributed by atoms with van der Waals surface area (Å²) >= 11 is 1.49. The van der Waals surface area contributed by atoms with E-state index >= 15 is 0 Å². The molecule has 1 aromatic heterocycles. The van der Waals surface area contributed by atoms with Crippen LogP contribution in [0.1, 0.15) is 22.8 Å². The second-order valence-corrected chi connectivity index (χ2v) is 6.56. The number of carbonyl (C=O) groups excluding carboxylic acids is 1. The van der Waals surface area contributed by atoms with E-state index < -0.39 is 0 Å².